The Morgan fingerprint density at radius 1 is 0.667 bits per heavy atom. The molecule has 0 fully saturated rings. The number of nitrogens with zero attached hydrogens (tertiary/aromatic N) is 4. The molecule has 40 valence electrons. The maximum absolute atomic E-state index is 6.29. The van der Waals surface area contributed by atoms with Crippen LogP contribution in [0, 0.1) is 26.3 Å². The summed E-state index contributed by atoms with van der Waals surface area (Å²) in [6.45, 7) is 25.2. The third kappa shape index (κ3) is 0.942. The minimum atomic E-state index is -2.17. The fourth-order valence-electron chi connectivity index (χ4n) is 0.150. The molecule has 0 aliphatic heterocycles. The topological polar surface area (TPSA) is 17.4 Å². The summed E-state index contributed by atoms with van der Waals surface area (Å²) in [5.41, 5.74) is 0. The van der Waals surface area contributed by atoms with Crippen LogP contribution in [0.1, 0.15) is 0 Å². The van der Waals surface area contributed by atoms with E-state index in [1.807, 2.05) is 0 Å². The van der Waals surface area contributed by atoms with Gasteiger partial charge in [0.2, 0.25) is 0 Å². The number of hydrogen-bond donors (Lipinski definition) is 0. The Hall–Kier alpha value is -2.04. The monoisotopic (exact) mass is 116 g/mol. The van der Waals surface area contributed by atoms with Crippen LogP contribution in [0.15, 0.2) is 0 Å². The normalized spacial score (nSPS) is 7.56. The van der Waals surface area contributed by atoms with Crippen molar-refractivity contribution < 1.29 is 0 Å². The SMILES string of the molecule is [C-]#[N+]C([N+]#[C-])([N+]#[C-])[N+]#[C-]. The van der Waals surface area contributed by atoms with E-state index in [0.29, 0.717) is 0 Å². The van der Waals surface area contributed by atoms with Gasteiger partial charge in [-0.05, 0) is 0 Å². The lowest BCUT2D eigenvalue weighted by atomic mass is 10.7. The molecule has 0 aliphatic rings. The predicted molar refractivity (Wildman–Crippen MR) is 29.1 cm³/mol. The second-order valence-corrected chi connectivity index (χ2v) is 1.05. The predicted octanol–water partition coefficient (Wildman–Crippen LogP) is 1.27. The van der Waals surface area contributed by atoms with Crippen molar-refractivity contribution in [3.8, 4) is 0 Å². The standard InChI is InChI=1S/C5N4/c1-6-5(7-2,8-3)9-4. The van der Waals surface area contributed by atoms with Gasteiger partial charge in [0.1, 0.15) is 0 Å². The maximum atomic E-state index is 6.29. The molecule has 0 aromatic heterocycles. The number of rotatable bonds is 0. The Morgan fingerprint density at radius 3 is 0.889 bits per heavy atom. The maximum Gasteiger partial charge on any atom is 1.04 e. The van der Waals surface area contributed by atoms with Gasteiger partial charge in [-0.15, -0.1) is 0 Å². The summed E-state index contributed by atoms with van der Waals surface area (Å²) >= 11 is 0. The van der Waals surface area contributed by atoms with E-state index in [1.165, 1.54) is 0 Å². The van der Waals surface area contributed by atoms with Crippen LogP contribution in [0.25, 0.3) is 19.4 Å². The molecule has 0 radical (unpaired) electrons. The highest BCUT2D eigenvalue weighted by atomic mass is 15.3. The van der Waals surface area contributed by atoms with Gasteiger partial charge in [0.15, 0.2) is 0 Å². The molecule has 0 rings (SSSR count). The summed E-state index contributed by atoms with van der Waals surface area (Å²) in [6.07, 6.45) is 0. The highest BCUT2D eigenvalue weighted by Gasteiger charge is 2.61. The molecule has 0 saturated carbocycles. The molecule has 0 aliphatic carbocycles. The second-order valence-electron chi connectivity index (χ2n) is 1.05. The summed E-state index contributed by atoms with van der Waals surface area (Å²) < 4.78 is 0. The first kappa shape index (κ1) is 6.96. The van der Waals surface area contributed by atoms with Crippen LogP contribution in [0.4, 0.5) is 0 Å². The first-order valence-corrected chi connectivity index (χ1v) is 1.79. The van der Waals surface area contributed by atoms with Crippen LogP contribution in [0.3, 0.4) is 0 Å². The van der Waals surface area contributed by atoms with E-state index in [0.717, 1.165) is 0 Å². The second kappa shape index (κ2) is 2.31. The Labute approximate surface area is 52.6 Å². The average molecular weight is 116 g/mol. The Balaban J connectivity index is 4.84. The smallest absolute Gasteiger partial charge is 0.204 e. The first-order chi connectivity index (χ1) is 4.24. The van der Waals surface area contributed by atoms with Crippen molar-refractivity contribution in [2.75, 3.05) is 0 Å². The quantitative estimate of drug-likeness (QED) is 0.424. The van der Waals surface area contributed by atoms with Crippen molar-refractivity contribution >= 4 is 0 Å². The first-order valence-electron chi connectivity index (χ1n) is 1.79. The van der Waals surface area contributed by atoms with Gasteiger partial charge >= 0.3 is 5.91 Å². The van der Waals surface area contributed by atoms with Gasteiger partial charge < -0.3 is 0 Å². The molecule has 4 heteroatoms. The fraction of sp³-hybridized carbons (Fsp3) is 0.200. The van der Waals surface area contributed by atoms with Crippen LogP contribution in [-0.4, -0.2) is 5.91 Å². The fourth-order valence-corrected chi connectivity index (χ4v) is 0.150. The zero-order chi connectivity index (χ0) is 7.33. The molecular weight excluding hydrogens is 116 g/mol. The Morgan fingerprint density at radius 2 is 0.889 bits per heavy atom. The van der Waals surface area contributed by atoms with Crippen LogP contribution in [0.5, 0.6) is 0 Å². The minimum absolute atomic E-state index is 2.17. The lowest BCUT2D eigenvalue weighted by molar-refractivity contribution is 0.959. The van der Waals surface area contributed by atoms with Gasteiger partial charge in [0, 0.05) is 0 Å². The molecule has 9 heavy (non-hydrogen) atoms. The molecule has 4 nitrogen and oxygen atoms in total. The Kier molecular flexibility index (Phi) is 1.79. The van der Waals surface area contributed by atoms with Gasteiger partial charge in [0.25, 0.3) is 0 Å². The lowest BCUT2D eigenvalue weighted by Crippen LogP contribution is -2.04. The van der Waals surface area contributed by atoms with E-state index in [2.05, 4.69) is 19.4 Å². The van der Waals surface area contributed by atoms with E-state index in [1.54, 1.807) is 0 Å². The molecule has 0 atom stereocenters. The third-order valence-corrected chi connectivity index (χ3v) is 0.600. The lowest BCUT2D eigenvalue weighted by Gasteiger charge is -1.72. The Bertz CT molecular complexity index is 202. The van der Waals surface area contributed by atoms with Crippen LogP contribution >= 0.6 is 0 Å². The summed E-state index contributed by atoms with van der Waals surface area (Å²) in [7, 11) is 0. The van der Waals surface area contributed by atoms with Gasteiger partial charge in [0.05, 0.1) is 0 Å². The number of hydrogen-bond acceptors (Lipinski definition) is 0. The molecule has 0 spiro atoms. The van der Waals surface area contributed by atoms with E-state index < -0.39 is 5.91 Å². The van der Waals surface area contributed by atoms with Crippen LogP contribution in [-0.2, 0) is 0 Å². The molecule has 0 N–H and O–H groups in total. The third-order valence-electron chi connectivity index (χ3n) is 0.600. The summed E-state index contributed by atoms with van der Waals surface area (Å²) in [5, 5.41) is 0. The van der Waals surface area contributed by atoms with Crippen molar-refractivity contribution in [1.29, 1.82) is 0 Å². The molecule has 0 unspecified atom stereocenters. The van der Waals surface area contributed by atoms with Gasteiger partial charge in [-0.3, -0.25) is 0 Å². The zero-order valence-electron chi connectivity index (χ0n) is 4.29. The van der Waals surface area contributed by atoms with Crippen molar-refractivity contribution in [2.24, 2.45) is 0 Å². The zero-order valence-corrected chi connectivity index (χ0v) is 4.29. The van der Waals surface area contributed by atoms with Crippen LogP contribution in [0.2, 0.25) is 0 Å². The van der Waals surface area contributed by atoms with Crippen molar-refractivity contribution in [1.82, 2.24) is 0 Å². The van der Waals surface area contributed by atoms with E-state index >= 15 is 0 Å². The minimum Gasteiger partial charge on any atom is -0.204 e. The molecular formula is C5N4. The average Bonchev–Trinajstić information content (AvgIpc) is 1.95. The molecule has 0 saturated heterocycles. The highest BCUT2D eigenvalue weighted by molar-refractivity contribution is 5.17. The van der Waals surface area contributed by atoms with E-state index in [4.69, 9.17) is 26.3 Å². The van der Waals surface area contributed by atoms with E-state index in [9.17, 15) is 0 Å². The van der Waals surface area contributed by atoms with Crippen molar-refractivity contribution in [2.45, 2.75) is 5.91 Å². The van der Waals surface area contributed by atoms with Gasteiger partial charge in [-0.25, -0.2) is 26.3 Å². The van der Waals surface area contributed by atoms with Crippen LogP contribution < -0.4 is 0 Å². The molecule has 0 bridgehead atoms. The highest BCUT2D eigenvalue weighted by Crippen LogP contribution is 2.15. The summed E-state index contributed by atoms with van der Waals surface area (Å²) in [5.74, 6) is -2.17. The molecule has 0 amide bonds. The van der Waals surface area contributed by atoms with E-state index in [-0.39, 0.29) is 0 Å². The largest absolute Gasteiger partial charge is 1.04 e. The summed E-state index contributed by atoms with van der Waals surface area (Å²) in [4.78, 5) is 10.2. The molecule has 0 aromatic rings. The summed E-state index contributed by atoms with van der Waals surface area (Å²) in [6, 6.07) is 0. The molecule has 0 aromatic carbocycles. The molecule has 0 heterocycles. The van der Waals surface area contributed by atoms with Crippen molar-refractivity contribution in [3.63, 3.8) is 0 Å². The van der Waals surface area contributed by atoms with Crippen molar-refractivity contribution in [3.05, 3.63) is 45.7 Å². The van der Waals surface area contributed by atoms with Gasteiger partial charge in [-0.2, -0.15) is 0 Å². The van der Waals surface area contributed by atoms with Gasteiger partial charge in [-0.1, -0.05) is 19.4 Å².